The van der Waals surface area contributed by atoms with Gasteiger partial charge in [0.2, 0.25) is 6.54 Å². The summed E-state index contributed by atoms with van der Waals surface area (Å²) >= 11 is 2.01. The maximum atomic E-state index is 6.61. The van der Waals surface area contributed by atoms with Gasteiger partial charge in [-0.05, 0) is 0 Å². The van der Waals surface area contributed by atoms with Crippen LogP contribution in [-0.4, -0.2) is 42.6 Å². The number of nitrogens with zero attached hydrogens (tertiary/aromatic N) is 2. The first-order valence-electron chi connectivity index (χ1n) is 3.57. The molecule has 10 heavy (non-hydrogen) atoms. The molecule has 1 aliphatic heterocycles. The number of hydrogen-bond acceptors (Lipinski definition) is 2. The molecule has 1 aliphatic rings. The molecule has 0 atom stereocenters. The lowest BCUT2D eigenvalue weighted by atomic mass is 10.4. The summed E-state index contributed by atoms with van der Waals surface area (Å²) in [5.41, 5.74) is 0. The molecular formula is C7H12N2S. The summed E-state index contributed by atoms with van der Waals surface area (Å²) in [5.74, 6) is 2.50. The van der Waals surface area contributed by atoms with Crippen LogP contribution in [0.25, 0.3) is 4.85 Å². The van der Waals surface area contributed by atoms with Crippen molar-refractivity contribution in [3.63, 3.8) is 0 Å². The van der Waals surface area contributed by atoms with Crippen LogP contribution < -0.4 is 0 Å². The number of thioether (sulfide) groups is 1. The van der Waals surface area contributed by atoms with E-state index in [9.17, 15) is 0 Å². The van der Waals surface area contributed by atoms with Crippen molar-refractivity contribution in [3.05, 3.63) is 11.4 Å². The molecule has 0 unspecified atom stereocenters. The summed E-state index contributed by atoms with van der Waals surface area (Å²) in [5, 5.41) is 0. The Morgan fingerprint density at radius 1 is 1.40 bits per heavy atom. The fourth-order valence-corrected chi connectivity index (χ4v) is 1.99. The molecule has 0 aliphatic carbocycles. The third-order valence-corrected chi connectivity index (χ3v) is 2.57. The van der Waals surface area contributed by atoms with E-state index in [1.807, 2.05) is 11.8 Å². The summed E-state index contributed by atoms with van der Waals surface area (Å²) in [6, 6.07) is 0. The third-order valence-electron chi connectivity index (χ3n) is 1.63. The van der Waals surface area contributed by atoms with Crippen LogP contribution >= 0.6 is 11.8 Å². The third kappa shape index (κ3) is 2.59. The van der Waals surface area contributed by atoms with Crippen molar-refractivity contribution in [1.82, 2.24) is 4.90 Å². The number of rotatable bonds is 2. The largest absolute Gasteiger partial charge is 0.316 e. The standard InChI is InChI=1S/C7H12N2S/c1-8-2-3-9-4-6-10-7-5-9/h2-7H2. The molecule has 0 radical (unpaired) electrons. The van der Waals surface area contributed by atoms with Gasteiger partial charge < -0.3 is 4.85 Å². The van der Waals surface area contributed by atoms with E-state index in [4.69, 9.17) is 6.57 Å². The number of hydrogen-bond donors (Lipinski definition) is 0. The molecule has 0 spiro atoms. The zero-order chi connectivity index (χ0) is 7.23. The Labute approximate surface area is 66.4 Å². The zero-order valence-corrected chi connectivity index (χ0v) is 6.86. The fraction of sp³-hybridized carbons (Fsp3) is 0.857. The van der Waals surface area contributed by atoms with E-state index in [2.05, 4.69) is 9.74 Å². The minimum atomic E-state index is 0.671. The van der Waals surface area contributed by atoms with Gasteiger partial charge in [0.15, 0.2) is 0 Å². The van der Waals surface area contributed by atoms with Gasteiger partial charge in [-0.2, -0.15) is 11.8 Å². The van der Waals surface area contributed by atoms with Gasteiger partial charge >= 0.3 is 0 Å². The van der Waals surface area contributed by atoms with Gasteiger partial charge in [0, 0.05) is 24.6 Å². The summed E-state index contributed by atoms with van der Waals surface area (Å²) in [4.78, 5) is 5.70. The van der Waals surface area contributed by atoms with E-state index in [0.717, 1.165) is 6.54 Å². The van der Waals surface area contributed by atoms with E-state index >= 15 is 0 Å². The van der Waals surface area contributed by atoms with Gasteiger partial charge in [-0.25, -0.2) is 6.57 Å². The molecule has 1 heterocycles. The fourth-order valence-electron chi connectivity index (χ4n) is 1.02. The molecule has 1 fully saturated rings. The molecule has 56 valence electrons. The van der Waals surface area contributed by atoms with Gasteiger partial charge in [0.1, 0.15) is 0 Å². The van der Waals surface area contributed by atoms with E-state index in [0.29, 0.717) is 6.54 Å². The van der Waals surface area contributed by atoms with Crippen LogP contribution in [0.4, 0.5) is 0 Å². The molecule has 0 N–H and O–H groups in total. The van der Waals surface area contributed by atoms with Crippen LogP contribution in [0.3, 0.4) is 0 Å². The first kappa shape index (κ1) is 7.90. The van der Waals surface area contributed by atoms with Crippen molar-refractivity contribution >= 4 is 11.8 Å². The molecule has 0 aromatic rings. The van der Waals surface area contributed by atoms with Crippen LogP contribution in [0.2, 0.25) is 0 Å². The molecule has 2 nitrogen and oxygen atoms in total. The normalized spacial score (nSPS) is 20.3. The van der Waals surface area contributed by atoms with E-state index < -0.39 is 0 Å². The second-order valence-electron chi connectivity index (χ2n) is 2.34. The molecule has 0 amide bonds. The van der Waals surface area contributed by atoms with Crippen molar-refractivity contribution < 1.29 is 0 Å². The summed E-state index contributed by atoms with van der Waals surface area (Å²) in [7, 11) is 0. The van der Waals surface area contributed by atoms with Gasteiger partial charge in [-0.15, -0.1) is 0 Å². The molecule has 1 saturated heterocycles. The molecule has 0 aromatic heterocycles. The molecular weight excluding hydrogens is 144 g/mol. The van der Waals surface area contributed by atoms with Crippen molar-refractivity contribution in [3.8, 4) is 0 Å². The second kappa shape index (κ2) is 4.59. The van der Waals surface area contributed by atoms with E-state index in [1.165, 1.54) is 24.6 Å². The summed E-state index contributed by atoms with van der Waals surface area (Å²) in [6.45, 7) is 10.6. The molecule has 0 bridgehead atoms. The van der Waals surface area contributed by atoms with Gasteiger partial charge in [-0.3, -0.25) is 4.90 Å². The Morgan fingerprint density at radius 3 is 2.70 bits per heavy atom. The Hall–Kier alpha value is -0.200. The van der Waals surface area contributed by atoms with Crippen LogP contribution in [0.1, 0.15) is 0 Å². The quantitative estimate of drug-likeness (QED) is 0.550. The zero-order valence-electron chi connectivity index (χ0n) is 6.05. The minimum Gasteiger partial charge on any atom is -0.316 e. The first-order chi connectivity index (χ1) is 4.93. The minimum absolute atomic E-state index is 0.671. The van der Waals surface area contributed by atoms with Crippen molar-refractivity contribution in [2.24, 2.45) is 0 Å². The molecule has 0 saturated carbocycles. The summed E-state index contributed by atoms with van der Waals surface area (Å²) in [6.07, 6.45) is 0. The first-order valence-corrected chi connectivity index (χ1v) is 4.72. The Morgan fingerprint density at radius 2 is 2.10 bits per heavy atom. The lowest BCUT2D eigenvalue weighted by Crippen LogP contribution is -2.34. The predicted molar refractivity (Wildman–Crippen MR) is 45.2 cm³/mol. The highest BCUT2D eigenvalue weighted by Crippen LogP contribution is 2.07. The van der Waals surface area contributed by atoms with Gasteiger partial charge in [0.05, 0.1) is 6.54 Å². The topological polar surface area (TPSA) is 7.60 Å². The highest BCUT2D eigenvalue weighted by atomic mass is 32.2. The Kier molecular flexibility index (Phi) is 3.63. The van der Waals surface area contributed by atoms with Crippen molar-refractivity contribution in [1.29, 1.82) is 0 Å². The lowest BCUT2D eigenvalue weighted by molar-refractivity contribution is 0.317. The van der Waals surface area contributed by atoms with Crippen LogP contribution in [-0.2, 0) is 0 Å². The van der Waals surface area contributed by atoms with E-state index in [-0.39, 0.29) is 0 Å². The molecule has 3 heteroatoms. The predicted octanol–water partition coefficient (Wildman–Crippen LogP) is 0.954. The maximum Gasteiger partial charge on any atom is 0.227 e. The van der Waals surface area contributed by atoms with Crippen molar-refractivity contribution in [2.45, 2.75) is 0 Å². The van der Waals surface area contributed by atoms with Gasteiger partial charge in [-0.1, -0.05) is 0 Å². The van der Waals surface area contributed by atoms with Crippen LogP contribution in [0, 0.1) is 6.57 Å². The average Bonchev–Trinajstić information content (AvgIpc) is 2.03. The van der Waals surface area contributed by atoms with Crippen LogP contribution in [0.5, 0.6) is 0 Å². The second-order valence-corrected chi connectivity index (χ2v) is 3.56. The maximum absolute atomic E-state index is 6.61. The van der Waals surface area contributed by atoms with Crippen molar-refractivity contribution in [2.75, 3.05) is 37.7 Å². The highest BCUT2D eigenvalue weighted by Gasteiger charge is 2.09. The van der Waals surface area contributed by atoms with Gasteiger partial charge in [0.25, 0.3) is 0 Å². The molecule has 1 rings (SSSR count). The smallest absolute Gasteiger partial charge is 0.227 e. The highest BCUT2D eigenvalue weighted by molar-refractivity contribution is 7.99. The lowest BCUT2D eigenvalue weighted by Gasteiger charge is -2.23. The van der Waals surface area contributed by atoms with E-state index in [1.54, 1.807) is 0 Å². The average molecular weight is 156 g/mol. The Bertz CT molecular complexity index is 124. The SMILES string of the molecule is [C-]#[N+]CCN1CCSCC1. The van der Waals surface area contributed by atoms with Crippen LogP contribution in [0.15, 0.2) is 0 Å². The Balaban J connectivity index is 2.09. The monoisotopic (exact) mass is 156 g/mol. The summed E-state index contributed by atoms with van der Waals surface area (Å²) < 4.78 is 0. The molecule has 0 aromatic carbocycles.